The Morgan fingerprint density at radius 2 is 1.92 bits per heavy atom. The van der Waals surface area contributed by atoms with Gasteiger partial charge < -0.3 is 25.1 Å². The van der Waals surface area contributed by atoms with Crippen molar-refractivity contribution in [3.63, 3.8) is 0 Å². The molecule has 3 rings (SSSR count). The second-order valence-corrected chi connectivity index (χ2v) is 5.71. The molecule has 2 heterocycles. The Morgan fingerprint density at radius 1 is 1.08 bits per heavy atom. The monoisotopic (exact) mass is 343 g/mol. The van der Waals surface area contributed by atoms with Gasteiger partial charge in [0.05, 0.1) is 18.9 Å². The number of amides is 3. The molecule has 132 valence electrons. The Balaban J connectivity index is 1.44. The molecule has 0 saturated carbocycles. The largest absolute Gasteiger partial charge is 0.493 e. The number of furan rings is 1. The van der Waals surface area contributed by atoms with Gasteiger partial charge in [-0.2, -0.15) is 0 Å². The molecule has 3 amide bonds. The highest BCUT2D eigenvalue weighted by molar-refractivity contribution is 5.91. The number of carbonyl (C=O) groups is 2. The van der Waals surface area contributed by atoms with Crippen molar-refractivity contribution >= 4 is 11.9 Å². The normalized spacial score (nSPS) is 16.1. The summed E-state index contributed by atoms with van der Waals surface area (Å²) < 4.78 is 10.7. The third-order valence-electron chi connectivity index (χ3n) is 3.94. The molecular weight excluding hydrogens is 322 g/mol. The zero-order valence-electron chi connectivity index (χ0n) is 13.8. The van der Waals surface area contributed by atoms with E-state index in [1.54, 1.807) is 12.1 Å². The number of urea groups is 1. The molecule has 1 atom stereocenters. The molecule has 1 aromatic heterocycles. The number of nitrogens with one attached hydrogen (secondary N) is 3. The highest BCUT2D eigenvalue weighted by Crippen LogP contribution is 2.30. The minimum atomic E-state index is -0.304. The van der Waals surface area contributed by atoms with E-state index in [1.807, 2.05) is 24.3 Å². The molecule has 0 saturated heterocycles. The van der Waals surface area contributed by atoms with Crippen molar-refractivity contribution in [2.75, 3.05) is 19.7 Å². The first-order valence-electron chi connectivity index (χ1n) is 8.32. The zero-order valence-corrected chi connectivity index (χ0v) is 13.8. The lowest BCUT2D eigenvalue weighted by molar-refractivity contribution is 0.0926. The van der Waals surface area contributed by atoms with Crippen molar-refractivity contribution < 1.29 is 18.7 Å². The van der Waals surface area contributed by atoms with E-state index in [-0.39, 0.29) is 23.7 Å². The second-order valence-electron chi connectivity index (χ2n) is 5.71. The van der Waals surface area contributed by atoms with Crippen LogP contribution in [0.3, 0.4) is 0 Å². The lowest BCUT2D eigenvalue weighted by Gasteiger charge is -2.18. The highest BCUT2D eigenvalue weighted by Gasteiger charge is 2.20. The summed E-state index contributed by atoms with van der Waals surface area (Å²) in [6, 6.07) is 10.6. The van der Waals surface area contributed by atoms with Crippen molar-refractivity contribution in [1.82, 2.24) is 16.0 Å². The van der Waals surface area contributed by atoms with Crippen LogP contribution in [0.15, 0.2) is 47.1 Å². The Kier molecular flexibility index (Phi) is 5.56. The average Bonchev–Trinajstić information content (AvgIpc) is 3.09. The van der Waals surface area contributed by atoms with Gasteiger partial charge in [0.25, 0.3) is 5.91 Å². The quantitative estimate of drug-likeness (QED) is 0.726. The van der Waals surface area contributed by atoms with E-state index in [0.717, 1.165) is 24.2 Å². The molecule has 1 aliphatic heterocycles. The number of ether oxygens (including phenoxy) is 1. The van der Waals surface area contributed by atoms with Gasteiger partial charge in [0.2, 0.25) is 0 Å². The molecule has 1 aromatic carbocycles. The third kappa shape index (κ3) is 4.53. The molecule has 1 aliphatic rings. The Bertz CT molecular complexity index is 715. The Labute approximate surface area is 145 Å². The molecule has 7 heteroatoms. The topological polar surface area (TPSA) is 92.6 Å². The first-order chi connectivity index (χ1) is 12.2. The van der Waals surface area contributed by atoms with Gasteiger partial charge in [0.15, 0.2) is 5.76 Å². The van der Waals surface area contributed by atoms with Crippen molar-refractivity contribution in [3.05, 3.63) is 54.0 Å². The molecule has 7 nitrogen and oxygen atoms in total. The third-order valence-corrected chi connectivity index (χ3v) is 3.94. The van der Waals surface area contributed by atoms with Crippen LogP contribution >= 0.6 is 0 Å². The molecule has 0 unspecified atom stereocenters. The van der Waals surface area contributed by atoms with Gasteiger partial charge in [0.1, 0.15) is 5.75 Å². The van der Waals surface area contributed by atoms with Crippen LogP contribution in [0.1, 0.15) is 35.0 Å². The van der Waals surface area contributed by atoms with Gasteiger partial charge in [-0.25, -0.2) is 4.79 Å². The fourth-order valence-corrected chi connectivity index (χ4v) is 2.73. The lowest BCUT2D eigenvalue weighted by Crippen LogP contribution is -2.41. The van der Waals surface area contributed by atoms with E-state index in [0.29, 0.717) is 19.7 Å². The van der Waals surface area contributed by atoms with Crippen LogP contribution in [0.5, 0.6) is 5.75 Å². The van der Waals surface area contributed by atoms with Crippen LogP contribution in [0.4, 0.5) is 4.79 Å². The SMILES string of the molecule is O=C(NCCNC(=O)c1ccco1)N[C@@H]1CCCOc2ccccc21. The van der Waals surface area contributed by atoms with Crippen LogP contribution in [-0.2, 0) is 0 Å². The molecule has 2 aromatic rings. The number of hydrogen-bond acceptors (Lipinski definition) is 4. The smallest absolute Gasteiger partial charge is 0.315 e. The molecule has 25 heavy (non-hydrogen) atoms. The number of carbonyl (C=O) groups excluding carboxylic acids is 2. The molecule has 0 radical (unpaired) electrons. The summed E-state index contributed by atoms with van der Waals surface area (Å²) in [5, 5.41) is 8.39. The number of rotatable bonds is 5. The van der Waals surface area contributed by atoms with Crippen molar-refractivity contribution in [2.45, 2.75) is 18.9 Å². The lowest BCUT2D eigenvalue weighted by atomic mass is 10.0. The van der Waals surface area contributed by atoms with Crippen LogP contribution in [-0.4, -0.2) is 31.6 Å². The maximum absolute atomic E-state index is 12.1. The van der Waals surface area contributed by atoms with Gasteiger partial charge in [-0.1, -0.05) is 18.2 Å². The van der Waals surface area contributed by atoms with E-state index < -0.39 is 0 Å². The van der Waals surface area contributed by atoms with Crippen LogP contribution in [0.25, 0.3) is 0 Å². The first kappa shape index (κ1) is 16.9. The molecule has 3 N–H and O–H groups in total. The zero-order chi connectivity index (χ0) is 17.5. The summed E-state index contributed by atoms with van der Waals surface area (Å²) in [6.45, 7) is 1.29. The van der Waals surface area contributed by atoms with Gasteiger partial charge in [-0.05, 0) is 31.0 Å². The molecule has 0 bridgehead atoms. The summed E-state index contributed by atoms with van der Waals surface area (Å²) in [4.78, 5) is 23.8. The summed E-state index contributed by atoms with van der Waals surface area (Å²) in [6.07, 6.45) is 3.13. The fraction of sp³-hybridized carbons (Fsp3) is 0.333. The maximum atomic E-state index is 12.1. The molecular formula is C18H21N3O4. The van der Waals surface area contributed by atoms with E-state index in [4.69, 9.17) is 9.15 Å². The van der Waals surface area contributed by atoms with Crippen molar-refractivity contribution in [1.29, 1.82) is 0 Å². The highest BCUT2D eigenvalue weighted by atomic mass is 16.5. The predicted molar refractivity (Wildman–Crippen MR) is 91.5 cm³/mol. The number of benzene rings is 1. The Hall–Kier alpha value is -2.96. The summed E-state index contributed by atoms with van der Waals surface area (Å²) in [7, 11) is 0. The van der Waals surface area contributed by atoms with Crippen LogP contribution in [0.2, 0.25) is 0 Å². The van der Waals surface area contributed by atoms with Gasteiger partial charge in [-0.15, -0.1) is 0 Å². The predicted octanol–water partition coefficient (Wildman–Crippen LogP) is 2.22. The summed E-state index contributed by atoms with van der Waals surface area (Å²) in [5.74, 6) is 0.762. The number of para-hydroxylation sites is 1. The Morgan fingerprint density at radius 3 is 2.76 bits per heavy atom. The molecule has 0 spiro atoms. The van der Waals surface area contributed by atoms with Crippen LogP contribution < -0.4 is 20.7 Å². The second kappa shape index (κ2) is 8.23. The fourth-order valence-electron chi connectivity index (χ4n) is 2.73. The molecule has 0 aliphatic carbocycles. The minimum Gasteiger partial charge on any atom is -0.493 e. The number of fused-ring (bicyclic) bond motifs is 1. The van der Waals surface area contributed by atoms with Crippen molar-refractivity contribution in [3.8, 4) is 5.75 Å². The van der Waals surface area contributed by atoms with Gasteiger partial charge in [-0.3, -0.25) is 4.79 Å². The molecule has 0 fully saturated rings. The van der Waals surface area contributed by atoms with Gasteiger partial charge >= 0.3 is 6.03 Å². The van der Waals surface area contributed by atoms with E-state index >= 15 is 0 Å². The maximum Gasteiger partial charge on any atom is 0.315 e. The minimum absolute atomic E-state index is 0.0867. The number of hydrogen-bond donors (Lipinski definition) is 3. The van der Waals surface area contributed by atoms with E-state index in [2.05, 4.69) is 16.0 Å². The van der Waals surface area contributed by atoms with E-state index in [1.165, 1.54) is 6.26 Å². The standard InChI is InChI=1S/C18H21N3O4/c22-17(16-8-4-12-25-16)19-9-10-20-18(23)21-14-6-3-11-24-15-7-2-1-5-13(14)15/h1-2,4-5,7-8,12,14H,3,6,9-11H2,(H,19,22)(H2,20,21,23)/t14-/m1/s1. The summed E-state index contributed by atoms with van der Waals surface area (Å²) in [5.41, 5.74) is 0.987. The summed E-state index contributed by atoms with van der Waals surface area (Å²) >= 11 is 0. The van der Waals surface area contributed by atoms with E-state index in [9.17, 15) is 9.59 Å². The van der Waals surface area contributed by atoms with Crippen LogP contribution in [0, 0.1) is 0 Å². The first-order valence-corrected chi connectivity index (χ1v) is 8.32. The van der Waals surface area contributed by atoms with Crippen molar-refractivity contribution in [2.24, 2.45) is 0 Å². The van der Waals surface area contributed by atoms with Gasteiger partial charge in [0, 0.05) is 18.7 Å². The average molecular weight is 343 g/mol.